The lowest BCUT2D eigenvalue weighted by Gasteiger charge is -2.31. The number of ether oxygens (including phenoxy) is 4. The second-order valence-corrected chi connectivity index (χ2v) is 18.8. The minimum atomic E-state index is -0.797. The van der Waals surface area contributed by atoms with Crippen LogP contribution in [0.2, 0.25) is 5.02 Å². The highest BCUT2D eigenvalue weighted by Gasteiger charge is 2.40. The molecule has 6 heterocycles. The Kier molecular flexibility index (Phi) is 13.0. The van der Waals surface area contributed by atoms with Crippen LogP contribution >= 0.6 is 11.6 Å². The minimum absolute atomic E-state index is 0.167. The molecule has 0 radical (unpaired) electrons. The summed E-state index contributed by atoms with van der Waals surface area (Å²) in [6, 6.07) is 14.2. The Balaban J connectivity index is 1.05. The van der Waals surface area contributed by atoms with Gasteiger partial charge in [-0.1, -0.05) is 45.4 Å². The van der Waals surface area contributed by atoms with Gasteiger partial charge in [-0.2, -0.15) is 0 Å². The number of aromatic amines is 2. The molecule has 362 valence electrons. The Hall–Kier alpha value is -7.08. The first-order chi connectivity index (χ1) is 33.2. The van der Waals surface area contributed by atoms with Crippen molar-refractivity contribution in [1.82, 2.24) is 44.9 Å². The van der Waals surface area contributed by atoms with Gasteiger partial charge in [-0.05, 0) is 86.1 Å². The van der Waals surface area contributed by atoms with Crippen LogP contribution in [0.4, 0.5) is 14.0 Å². The average molecular weight is 964 g/mol. The van der Waals surface area contributed by atoms with E-state index in [0.717, 1.165) is 35.0 Å². The van der Waals surface area contributed by atoms with E-state index >= 15 is 4.39 Å². The molecule has 3 aliphatic rings. The van der Waals surface area contributed by atoms with Crippen molar-refractivity contribution < 1.29 is 42.5 Å². The maximum atomic E-state index is 16.9. The SMILES string of the molecule is COC(=O)N[C@H](C(=O)N1CCC[C@H]1c1ncc(-c2cc(F)c3c(c2)OC(c2cc(Cl)cc(OC)c2)n2c-3cc3cc(-c4cnc([C@@H]5CCCN5C(=O)[C@@H](NC(=O)OC)C(C)C)[nH]4)ccc32)[nH]1)C(C)C. The fraction of sp³-hybridized carbons (Fsp3) is 0.400. The lowest BCUT2D eigenvalue weighted by Crippen LogP contribution is -2.51. The Labute approximate surface area is 403 Å². The van der Waals surface area contributed by atoms with Crippen LogP contribution in [0.5, 0.6) is 11.5 Å². The zero-order valence-corrected chi connectivity index (χ0v) is 40.1. The molecule has 69 heavy (non-hydrogen) atoms. The molecule has 1 unspecified atom stereocenters. The van der Waals surface area contributed by atoms with Gasteiger partial charge in [-0.25, -0.2) is 23.9 Å². The number of aromatic nitrogens is 5. The maximum absolute atomic E-state index is 16.9. The van der Waals surface area contributed by atoms with E-state index in [2.05, 4.69) is 25.6 Å². The van der Waals surface area contributed by atoms with Crippen LogP contribution in [-0.2, 0) is 19.1 Å². The van der Waals surface area contributed by atoms with Gasteiger partial charge in [-0.3, -0.25) is 9.59 Å². The quantitative estimate of drug-likeness (QED) is 0.0919. The van der Waals surface area contributed by atoms with Gasteiger partial charge in [-0.15, -0.1) is 0 Å². The minimum Gasteiger partial charge on any atom is -0.497 e. The lowest BCUT2D eigenvalue weighted by molar-refractivity contribution is -0.136. The van der Waals surface area contributed by atoms with Crippen LogP contribution in [0.25, 0.3) is 44.7 Å². The van der Waals surface area contributed by atoms with E-state index in [9.17, 15) is 19.2 Å². The maximum Gasteiger partial charge on any atom is 0.407 e. The third-order valence-corrected chi connectivity index (χ3v) is 13.6. The molecule has 4 N–H and O–H groups in total. The zero-order chi connectivity index (χ0) is 48.8. The Bertz CT molecular complexity index is 2950. The number of H-pyrrole nitrogens is 2. The molecule has 3 aliphatic heterocycles. The van der Waals surface area contributed by atoms with Gasteiger partial charge in [0.2, 0.25) is 18.0 Å². The smallest absolute Gasteiger partial charge is 0.407 e. The zero-order valence-electron chi connectivity index (χ0n) is 39.4. The molecule has 5 atom stereocenters. The summed E-state index contributed by atoms with van der Waals surface area (Å²) < 4.78 is 40.9. The predicted molar refractivity (Wildman–Crippen MR) is 255 cm³/mol. The lowest BCUT2D eigenvalue weighted by atomic mass is 10.0. The molecule has 0 spiro atoms. The number of carbonyl (C=O) groups is 4. The summed E-state index contributed by atoms with van der Waals surface area (Å²) >= 11 is 6.65. The first-order valence-electron chi connectivity index (χ1n) is 23.1. The summed E-state index contributed by atoms with van der Waals surface area (Å²) in [5.74, 6) is 0.678. The molecule has 0 saturated carbocycles. The number of fused-ring (bicyclic) bond motifs is 5. The van der Waals surface area contributed by atoms with Gasteiger partial charge >= 0.3 is 12.2 Å². The van der Waals surface area contributed by atoms with Crippen LogP contribution in [-0.4, -0.2) is 105 Å². The summed E-state index contributed by atoms with van der Waals surface area (Å²) in [6.45, 7) is 8.48. The van der Waals surface area contributed by atoms with Gasteiger partial charge in [0.25, 0.3) is 0 Å². The second kappa shape index (κ2) is 19.1. The second-order valence-electron chi connectivity index (χ2n) is 18.4. The summed E-state index contributed by atoms with van der Waals surface area (Å²) in [7, 11) is 4.08. The molecule has 0 bridgehead atoms. The number of carbonyl (C=O) groups excluding carboxylic acids is 4. The number of hydrogen-bond acceptors (Lipinski definition) is 10. The predicted octanol–water partition coefficient (Wildman–Crippen LogP) is 8.92. The standard InChI is InChI=1S/C50H55ClFN9O8/c1-25(2)42(57-49(64)67-6)46(62)59-14-8-10-37(59)44-53-23-34(55-44)27-12-13-36-29(16-27)20-39-41-33(52)19-28(21-40(41)69-48(61(36)39)30-17-31(51)22-32(18-30)66-5)35-24-54-45(56-35)38-11-9-15-60(38)47(63)43(26(3)4)58-50(65)68-7/h12-13,16-26,37-38,42-43,48H,8-11,14-15H2,1-7H3,(H,53,55)(H,54,56)(H,57,64)(H,58,65)/t37-,38-,42-,43-,48?/m0/s1. The van der Waals surface area contributed by atoms with Crippen LogP contribution in [0.1, 0.15) is 88.9 Å². The average Bonchev–Trinajstić information content (AvgIpc) is 4.20. The molecule has 19 heteroatoms. The highest BCUT2D eigenvalue weighted by molar-refractivity contribution is 6.30. The van der Waals surface area contributed by atoms with Crippen molar-refractivity contribution >= 4 is 46.5 Å². The summed E-state index contributed by atoms with van der Waals surface area (Å²) in [4.78, 5) is 71.6. The van der Waals surface area contributed by atoms with Gasteiger partial charge in [0, 0.05) is 40.2 Å². The number of hydrogen-bond donors (Lipinski definition) is 4. The normalized spacial score (nSPS) is 18.4. The number of halogens is 2. The van der Waals surface area contributed by atoms with E-state index in [1.807, 2.05) is 62.6 Å². The molecule has 0 aliphatic carbocycles. The molecule has 6 aromatic rings. The van der Waals surface area contributed by atoms with E-state index in [-0.39, 0.29) is 41.3 Å². The number of alkyl carbamates (subject to hydrolysis) is 2. The van der Waals surface area contributed by atoms with Crippen molar-refractivity contribution in [2.75, 3.05) is 34.4 Å². The van der Waals surface area contributed by atoms with Gasteiger partial charge in [0.05, 0.1) is 74.0 Å². The van der Waals surface area contributed by atoms with E-state index in [1.165, 1.54) is 20.3 Å². The summed E-state index contributed by atoms with van der Waals surface area (Å²) in [6.07, 6.45) is 4.10. The summed E-state index contributed by atoms with van der Waals surface area (Å²) in [5.41, 5.74) is 4.85. The van der Waals surface area contributed by atoms with Crippen molar-refractivity contribution in [2.24, 2.45) is 11.8 Å². The number of benzene rings is 3. The number of nitrogens with zero attached hydrogens (tertiary/aromatic N) is 5. The fourth-order valence-electron chi connectivity index (χ4n) is 9.85. The Morgan fingerprint density at radius 2 is 1.35 bits per heavy atom. The topological polar surface area (TPSA) is 198 Å². The van der Waals surface area contributed by atoms with E-state index in [4.69, 9.17) is 35.5 Å². The number of rotatable bonds is 12. The number of imidazole rings is 2. The van der Waals surface area contributed by atoms with Crippen LogP contribution in [0.3, 0.4) is 0 Å². The highest BCUT2D eigenvalue weighted by Crippen LogP contribution is 2.48. The molecular weight excluding hydrogens is 909 g/mol. The Morgan fingerprint density at radius 3 is 1.90 bits per heavy atom. The first-order valence-corrected chi connectivity index (χ1v) is 23.5. The van der Waals surface area contributed by atoms with Crippen LogP contribution in [0, 0.1) is 17.7 Å². The van der Waals surface area contributed by atoms with Crippen LogP contribution in [0.15, 0.2) is 67.0 Å². The first kappa shape index (κ1) is 47.0. The van der Waals surface area contributed by atoms with Crippen molar-refractivity contribution in [3.05, 3.63) is 95.0 Å². The third kappa shape index (κ3) is 8.93. The number of nitrogens with one attached hydrogen (secondary N) is 4. The monoisotopic (exact) mass is 963 g/mol. The molecule has 2 fully saturated rings. The van der Waals surface area contributed by atoms with Gasteiger partial charge in [0.1, 0.15) is 41.0 Å². The molecule has 3 aromatic carbocycles. The van der Waals surface area contributed by atoms with Crippen molar-refractivity contribution in [3.8, 4) is 45.3 Å². The summed E-state index contributed by atoms with van der Waals surface area (Å²) in [5, 5.41) is 6.61. The van der Waals surface area contributed by atoms with E-state index < -0.39 is 36.3 Å². The van der Waals surface area contributed by atoms with E-state index in [0.29, 0.717) is 76.6 Å². The highest BCUT2D eigenvalue weighted by atomic mass is 35.5. The molecule has 9 rings (SSSR count). The van der Waals surface area contributed by atoms with Gasteiger partial charge in [0.15, 0.2) is 0 Å². The van der Waals surface area contributed by atoms with Crippen molar-refractivity contribution in [1.29, 1.82) is 0 Å². The van der Waals surface area contributed by atoms with Crippen molar-refractivity contribution in [2.45, 2.75) is 83.8 Å². The molecule has 4 amide bonds. The molecule has 2 saturated heterocycles. The third-order valence-electron chi connectivity index (χ3n) is 13.3. The Morgan fingerprint density at radius 1 is 0.768 bits per heavy atom. The number of amides is 4. The number of likely N-dealkylation sites (tertiary alicyclic amines) is 2. The van der Waals surface area contributed by atoms with Crippen LogP contribution < -0.4 is 20.1 Å². The molecule has 17 nitrogen and oxygen atoms in total. The largest absolute Gasteiger partial charge is 0.497 e. The van der Waals surface area contributed by atoms with Gasteiger partial charge < -0.3 is 53.9 Å². The fourth-order valence-corrected chi connectivity index (χ4v) is 10.1. The molecule has 3 aromatic heterocycles. The van der Waals surface area contributed by atoms with Crippen molar-refractivity contribution in [3.63, 3.8) is 0 Å². The van der Waals surface area contributed by atoms with E-state index in [1.54, 1.807) is 47.5 Å². The number of methoxy groups -OCH3 is 3. The molecular formula is C50H55ClFN9O8.